The number of aromatic nitrogens is 4. The molecule has 0 saturated carbocycles. The Morgan fingerprint density at radius 2 is 2.07 bits per heavy atom. The van der Waals surface area contributed by atoms with Crippen LogP contribution in [0.5, 0.6) is 0 Å². The van der Waals surface area contributed by atoms with Crippen molar-refractivity contribution in [2.45, 2.75) is 10.9 Å². The first kappa shape index (κ1) is 19.4. The minimum Gasteiger partial charge on any atom is -0.463 e. The van der Waals surface area contributed by atoms with Gasteiger partial charge in [0.1, 0.15) is 11.1 Å². The number of nitrogens with one attached hydrogen (secondary N) is 1. The zero-order chi connectivity index (χ0) is 21.3. The Kier molecular flexibility index (Phi) is 5.06. The number of nitro groups is 1. The summed E-state index contributed by atoms with van der Waals surface area (Å²) < 4.78 is 11.4. The van der Waals surface area contributed by atoms with E-state index < -0.39 is 10.9 Å². The molecular formula is C18H13N5O6S. The quantitative estimate of drug-likeness (QED) is 0.161. The number of ether oxygens (including phenoxy) is 1. The van der Waals surface area contributed by atoms with Gasteiger partial charge in [-0.1, -0.05) is 11.8 Å². The van der Waals surface area contributed by atoms with Gasteiger partial charge in [-0.15, -0.1) is 0 Å². The lowest BCUT2D eigenvalue weighted by Crippen LogP contribution is -2.09. The van der Waals surface area contributed by atoms with Gasteiger partial charge in [0, 0.05) is 12.1 Å². The van der Waals surface area contributed by atoms with Crippen molar-refractivity contribution in [3.05, 3.63) is 74.6 Å². The molecule has 0 unspecified atom stereocenters. The van der Waals surface area contributed by atoms with Crippen molar-refractivity contribution in [3.8, 4) is 5.69 Å². The Morgan fingerprint density at radius 1 is 1.30 bits per heavy atom. The number of aromatic amines is 1. The van der Waals surface area contributed by atoms with E-state index >= 15 is 0 Å². The van der Waals surface area contributed by atoms with Crippen molar-refractivity contribution >= 4 is 34.5 Å². The normalized spacial score (nSPS) is 11.0. The van der Waals surface area contributed by atoms with Crippen LogP contribution in [0.25, 0.3) is 16.7 Å². The maximum absolute atomic E-state index is 12.4. The van der Waals surface area contributed by atoms with Crippen LogP contribution >= 0.6 is 11.8 Å². The van der Waals surface area contributed by atoms with Crippen molar-refractivity contribution in [1.82, 2.24) is 19.7 Å². The van der Waals surface area contributed by atoms with E-state index in [4.69, 9.17) is 4.42 Å². The third kappa shape index (κ3) is 3.67. The zero-order valence-corrected chi connectivity index (χ0v) is 16.2. The van der Waals surface area contributed by atoms with Crippen molar-refractivity contribution in [2.24, 2.45) is 0 Å². The molecule has 0 amide bonds. The average molecular weight is 427 g/mol. The van der Waals surface area contributed by atoms with E-state index in [1.54, 1.807) is 6.07 Å². The number of non-ortho nitro benzene ring substituents is 1. The summed E-state index contributed by atoms with van der Waals surface area (Å²) in [5.74, 6) is 0.330. The monoisotopic (exact) mass is 427 g/mol. The van der Waals surface area contributed by atoms with Gasteiger partial charge in [0.25, 0.3) is 11.2 Å². The van der Waals surface area contributed by atoms with Gasteiger partial charge in [-0.25, -0.2) is 14.5 Å². The molecule has 0 spiro atoms. The Bertz CT molecular complexity index is 1310. The third-order valence-corrected chi connectivity index (χ3v) is 5.02. The van der Waals surface area contributed by atoms with Crippen molar-refractivity contribution in [1.29, 1.82) is 0 Å². The molecule has 0 aliphatic rings. The summed E-state index contributed by atoms with van der Waals surface area (Å²) in [6.45, 7) is 0. The average Bonchev–Trinajstić information content (AvgIpc) is 3.39. The largest absolute Gasteiger partial charge is 0.463 e. The summed E-state index contributed by atoms with van der Waals surface area (Å²) in [7, 11) is 1.26. The van der Waals surface area contributed by atoms with E-state index in [1.165, 1.54) is 60.1 Å². The molecule has 0 bridgehead atoms. The highest BCUT2D eigenvalue weighted by molar-refractivity contribution is 7.98. The number of rotatable bonds is 6. The topological polar surface area (TPSA) is 146 Å². The van der Waals surface area contributed by atoms with E-state index in [2.05, 4.69) is 19.8 Å². The molecule has 3 aromatic heterocycles. The Balaban J connectivity index is 1.62. The molecule has 4 aromatic rings. The second-order valence-corrected chi connectivity index (χ2v) is 6.95. The lowest BCUT2D eigenvalue weighted by Gasteiger charge is -2.04. The van der Waals surface area contributed by atoms with E-state index in [-0.39, 0.29) is 22.4 Å². The van der Waals surface area contributed by atoms with E-state index in [1.807, 2.05) is 0 Å². The number of methoxy groups -OCH3 is 1. The van der Waals surface area contributed by atoms with Gasteiger partial charge in [-0.3, -0.25) is 14.9 Å². The standard InChI is InChI=1S/C18H13N5O6S/c1-28-17(25)14-7-6-12(29-14)9-30-18-20-15-13(16(24)21-18)8-19-22(15)10-2-4-11(5-3-10)23(26)27/h2-8H,9H2,1H3,(H,20,21,24). The van der Waals surface area contributed by atoms with Crippen LogP contribution in [0.15, 0.2) is 57.0 Å². The third-order valence-electron chi connectivity index (χ3n) is 4.12. The Morgan fingerprint density at radius 3 is 2.77 bits per heavy atom. The second kappa shape index (κ2) is 7.83. The number of fused-ring (bicyclic) bond motifs is 1. The molecule has 1 aromatic carbocycles. The van der Waals surface area contributed by atoms with Gasteiger partial charge in [-0.05, 0) is 24.3 Å². The number of H-pyrrole nitrogens is 1. The minimum absolute atomic E-state index is 0.0537. The van der Waals surface area contributed by atoms with Crippen LogP contribution in [0.1, 0.15) is 16.3 Å². The zero-order valence-electron chi connectivity index (χ0n) is 15.4. The lowest BCUT2D eigenvalue weighted by molar-refractivity contribution is -0.384. The molecule has 1 N–H and O–H groups in total. The Hall–Kier alpha value is -3.93. The molecule has 152 valence electrons. The summed E-state index contributed by atoms with van der Waals surface area (Å²) in [5.41, 5.74) is 0.413. The van der Waals surface area contributed by atoms with Gasteiger partial charge in [0.15, 0.2) is 10.8 Å². The first-order valence-electron chi connectivity index (χ1n) is 8.49. The Labute approximate surface area is 171 Å². The highest BCUT2D eigenvalue weighted by Crippen LogP contribution is 2.23. The fourth-order valence-corrected chi connectivity index (χ4v) is 3.43. The smallest absolute Gasteiger partial charge is 0.373 e. The van der Waals surface area contributed by atoms with Crippen LogP contribution in [-0.4, -0.2) is 37.8 Å². The molecule has 0 fully saturated rings. The molecule has 30 heavy (non-hydrogen) atoms. The van der Waals surface area contributed by atoms with E-state index in [0.29, 0.717) is 28.0 Å². The van der Waals surface area contributed by atoms with Crippen molar-refractivity contribution < 1.29 is 18.9 Å². The highest BCUT2D eigenvalue weighted by Gasteiger charge is 2.15. The molecule has 3 heterocycles. The summed E-state index contributed by atoms with van der Waals surface area (Å²) in [6.07, 6.45) is 1.38. The minimum atomic E-state index is -0.578. The number of nitro benzene ring substituents is 1. The van der Waals surface area contributed by atoms with Crippen LogP contribution in [0.2, 0.25) is 0 Å². The van der Waals surface area contributed by atoms with E-state index in [9.17, 15) is 19.7 Å². The molecule has 4 rings (SSSR count). The maximum Gasteiger partial charge on any atom is 0.373 e. The van der Waals surface area contributed by atoms with Gasteiger partial charge >= 0.3 is 5.97 Å². The van der Waals surface area contributed by atoms with Crippen LogP contribution in [0.4, 0.5) is 5.69 Å². The fourth-order valence-electron chi connectivity index (χ4n) is 2.68. The molecule has 0 atom stereocenters. The molecule has 0 aliphatic carbocycles. The number of carbonyl (C=O) groups excluding carboxylic acids is 1. The summed E-state index contributed by atoms with van der Waals surface area (Å²) in [5, 5.41) is 15.6. The van der Waals surface area contributed by atoms with Crippen LogP contribution < -0.4 is 5.56 Å². The van der Waals surface area contributed by atoms with Crippen LogP contribution in [0.3, 0.4) is 0 Å². The molecular weight excluding hydrogens is 414 g/mol. The van der Waals surface area contributed by atoms with Crippen molar-refractivity contribution in [2.75, 3.05) is 7.11 Å². The lowest BCUT2D eigenvalue weighted by atomic mass is 10.3. The van der Waals surface area contributed by atoms with Crippen molar-refractivity contribution in [3.63, 3.8) is 0 Å². The SMILES string of the molecule is COC(=O)c1ccc(CSc2nc3c(cnn3-c3ccc([N+](=O)[O-])cc3)c(=O)[nH]2)o1. The molecule has 0 aliphatic heterocycles. The highest BCUT2D eigenvalue weighted by atomic mass is 32.2. The predicted molar refractivity (Wildman–Crippen MR) is 106 cm³/mol. The first-order valence-corrected chi connectivity index (χ1v) is 9.47. The number of thioether (sulfide) groups is 1. The number of hydrogen-bond donors (Lipinski definition) is 1. The summed E-state index contributed by atoms with van der Waals surface area (Å²) in [4.78, 5) is 41.3. The molecule has 11 nitrogen and oxygen atoms in total. The first-order chi connectivity index (χ1) is 14.5. The van der Waals surface area contributed by atoms with Crippen LogP contribution in [0, 0.1) is 10.1 Å². The fraction of sp³-hybridized carbons (Fsp3) is 0.111. The van der Waals surface area contributed by atoms with Gasteiger partial charge in [0.2, 0.25) is 5.76 Å². The van der Waals surface area contributed by atoms with Gasteiger partial charge in [0.05, 0.1) is 29.7 Å². The number of hydrogen-bond acceptors (Lipinski definition) is 9. The van der Waals surface area contributed by atoms with Crippen LogP contribution in [-0.2, 0) is 10.5 Å². The van der Waals surface area contributed by atoms with Gasteiger partial charge < -0.3 is 14.1 Å². The molecule has 0 radical (unpaired) electrons. The summed E-state index contributed by atoms with van der Waals surface area (Å²) >= 11 is 1.21. The number of benzene rings is 1. The number of nitrogens with zero attached hydrogens (tertiary/aromatic N) is 4. The number of carbonyl (C=O) groups is 1. The van der Waals surface area contributed by atoms with E-state index in [0.717, 1.165) is 0 Å². The maximum atomic E-state index is 12.4. The number of furan rings is 1. The molecule has 12 heteroatoms. The molecule has 0 saturated heterocycles. The van der Waals surface area contributed by atoms with Gasteiger partial charge in [-0.2, -0.15) is 5.10 Å². The number of esters is 1. The second-order valence-electron chi connectivity index (χ2n) is 5.98. The summed E-state index contributed by atoms with van der Waals surface area (Å²) in [6, 6.07) is 8.89. The predicted octanol–water partition coefficient (Wildman–Crippen LogP) is 2.69.